The monoisotopic (exact) mass is 224 g/mol. The third kappa shape index (κ3) is 3.36. The van der Waals surface area contributed by atoms with Gasteiger partial charge < -0.3 is 5.11 Å². The lowest BCUT2D eigenvalue weighted by Gasteiger charge is -2.09. The molecular weight excluding hydrogens is 208 g/mol. The highest BCUT2D eigenvalue weighted by molar-refractivity contribution is 7.99. The molecule has 0 aromatic heterocycles. The Morgan fingerprint density at radius 3 is 2.40 bits per heavy atom. The maximum atomic E-state index is 11.3. The first-order chi connectivity index (χ1) is 7.19. The van der Waals surface area contributed by atoms with Gasteiger partial charge in [0.1, 0.15) is 6.10 Å². The molecule has 0 fully saturated rings. The Balaban J connectivity index is 2.75. The van der Waals surface area contributed by atoms with Crippen molar-refractivity contribution >= 4 is 17.5 Å². The molecule has 1 N–H and O–H groups in total. The van der Waals surface area contributed by atoms with Crippen LogP contribution in [0.1, 0.15) is 31.9 Å². The van der Waals surface area contributed by atoms with Gasteiger partial charge in [-0.15, -0.1) is 11.8 Å². The molecule has 3 heteroatoms. The molecule has 15 heavy (non-hydrogen) atoms. The molecule has 82 valence electrons. The number of Topliss-reactive ketones (excluding diaryl/α,β-unsaturated/α-hetero) is 1. The molecule has 0 aliphatic rings. The van der Waals surface area contributed by atoms with Crippen molar-refractivity contribution in [1.29, 1.82) is 0 Å². The first-order valence-electron chi connectivity index (χ1n) is 5.12. The van der Waals surface area contributed by atoms with Gasteiger partial charge >= 0.3 is 0 Å². The number of hydrogen-bond donors (Lipinski definition) is 1. The van der Waals surface area contributed by atoms with E-state index in [2.05, 4.69) is 6.92 Å². The molecule has 0 aliphatic heterocycles. The molecular formula is C12H16O2S. The molecule has 0 aliphatic carbocycles. The Kier molecular flexibility index (Phi) is 4.85. The first-order valence-corrected chi connectivity index (χ1v) is 6.11. The molecule has 1 atom stereocenters. The van der Waals surface area contributed by atoms with Gasteiger partial charge in [-0.05, 0) is 23.4 Å². The van der Waals surface area contributed by atoms with Gasteiger partial charge in [0.2, 0.25) is 0 Å². The lowest BCUT2D eigenvalue weighted by Crippen LogP contribution is -2.10. The Bertz CT molecular complexity index is 319. The predicted octanol–water partition coefficient (Wildman–Crippen LogP) is 2.81. The zero-order chi connectivity index (χ0) is 11.3. The largest absolute Gasteiger partial charge is 0.381 e. The third-order valence-corrected chi connectivity index (χ3v) is 3.05. The second kappa shape index (κ2) is 5.93. The number of hydrogen-bond acceptors (Lipinski definition) is 3. The lowest BCUT2D eigenvalue weighted by molar-refractivity contribution is -0.127. The normalized spacial score (nSPS) is 12.5. The van der Waals surface area contributed by atoms with Crippen molar-refractivity contribution in [3.8, 4) is 0 Å². The molecule has 0 heterocycles. The number of aliphatic hydroxyl groups excluding tert-OH is 1. The maximum absolute atomic E-state index is 11.3. The average molecular weight is 224 g/mol. The van der Waals surface area contributed by atoms with E-state index in [9.17, 15) is 9.90 Å². The van der Waals surface area contributed by atoms with E-state index >= 15 is 0 Å². The summed E-state index contributed by atoms with van der Waals surface area (Å²) in [5.41, 5.74) is 0.683. The summed E-state index contributed by atoms with van der Waals surface area (Å²) in [6, 6.07) is 7.51. The van der Waals surface area contributed by atoms with E-state index < -0.39 is 6.10 Å². The molecule has 1 aromatic rings. The van der Waals surface area contributed by atoms with Crippen molar-refractivity contribution < 1.29 is 9.90 Å². The van der Waals surface area contributed by atoms with E-state index in [1.807, 2.05) is 24.3 Å². The first kappa shape index (κ1) is 12.3. The van der Waals surface area contributed by atoms with Crippen LogP contribution in [0.5, 0.6) is 0 Å². The summed E-state index contributed by atoms with van der Waals surface area (Å²) in [7, 11) is 0. The van der Waals surface area contributed by atoms with E-state index in [1.165, 1.54) is 0 Å². The molecule has 1 aromatic carbocycles. The fourth-order valence-electron chi connectivity index (χ4n) is 1.29. The van der Waals surface area contributed by atoms with Crippen LogP contribution >= 0.6 is 11.8 Å². The predicted molar refractivity (Wildman–Crippen MR) is 63.1 cm³/mol. The number of thioether (sulfide) groups is 1. The number of rotatable bonds is 5. The van der Waals surface area contributed by atoms with E-state index in [1.54, 1.807) is 18.7 Å². The van der Waals surface area contributed by atoms with E-state index in [0.29, 0.717) is 12.0 Å². The van der Waals surface area contributed by atoms with Crippen molar-refractivity contribution in [3.05, 3.63) is 29.8 Å². The summed E-state index contributed by atoms with van der Waals surface area (Å²) in [5, 5.41) is 9.65. The topological polar surface area (TPSA) is 37.3 Å². The number of benzene rings is 1. The molecule has 0 saturated heterocycles. The fraction of sp³-hybridized carbons (Fsp3) is 0.417. The van der Waals surface area contributed by atoms with Gasteiger partial charge in [0.05, 0.1) is 0 Å². The fourth-order valence-corrected chi connectivity index (χ4v) is 1.95. The van der Waals surface area contributed by atoms with Crippen LogP contribution < -0.4 is 0 Å². The standard InChI is InChI=1S/C12H16O2S/c1-3-11(13)12(14)9-5-7-10(8-6-9)15-4-2/h5-8,12,14H,3-4H2,1-2H3. The van der Waals surface area contributed by atoms with Gasteiger partial charge in [0, 0.05) is 11.3 Å². The van der Waals surface area contributed by atoms with Crippen LogP contribution in [0.2, 0.25) is 0 Å². The van der Waals surface area contributed by atoms with Gasteiger partial charge in [-0.25, -0.2) is 0 Å². The van der Waals surface area contributed by atoms with Crippen molar-refractivity contribution in [2.75, 3.05) is 5.75 Å². The third-order valence-electron chi connectivity index (χ3n) is 2.16. The van der Waals surface area contributed by atoms with Crippen molar-refractivity contribution in [2.24, 2.45) is 0 Å². The highest BCUT2D eigenvalue weighted by atomic mass is 32.2. The second-order valence-electron chi connectivity index (χ2n) is 3.22. The average Bonchev–Trinajstić information content (AvgIpc) is 2.28. The Morgan fingerprint density at radius 1 is 1.33 bits per heavy atom. The van der Waals surface area contributed by atoms with Gasteiger partial charge in [0.25, 0.3) is 0 Å². The molecule has 0 amide bonds. The highest BCUT2D eigenvalue weighted by Gasteiger charge is 2.14. The number of aliphatic hydroxyl groups is 1. The Labute approximate surface area is 94.7 Å². The smallest absolute Gasteiger partial charge is 0.165 e. The second-order valence-corrected chi connectivity index (χ2v) is 4.56. The zero-order valence-corrected chi connectivity index (χ0v) is 9.88. The lowest BCUT2D eigenvalue weighted by atomic mass is 10.0. The molecule has 0 spiro atoms. The summed E-state index contributed by atoms with van der Waals surface area (Å²) in [6.07, 6.45) is -0.595. The van der Waals surface area contributed by atoms with Crippen molar-refractivity contribution in [3.63, 3.8) is 0 Å². The van der Waals surface area contributed by atoms with Gasteiger partial charge in [-0.2, -0.15) is 0 Å². The zero-order valence-electron chi connectivity index (χ0n) is 9.06. The molecule has 1 rings (SSSR count). The van der Waals surface area contributed by atoms with E-state index in [-0.39, 0.29) is 5.78 Å². The van der Waals surface area contributed by atoms with Crippen LogP contribution in [-0.4, -0.2) is 16.6 Å². The van der Waals surface area contributed by atoms with Gasteiger partial charge in [0.15, 0.2) is 5.78 Å². The van der Waals surface area contributed by atoms with Crippen LogP contribution in [0.25, 0.3) is 0 Å². The molecule has 2 nitrogen and oxygen atoms in total. The highest BCUT2D eigenvalue weighted by Crippen LogP contribution is 2.21. The SMILES string of the molecule is CCSc1ccc(C(O)C(=O)CC)cc1. The minimum Gasteiger partial charge on any atom is -0.381 e. The maximum Gasteiger partial charge on any atom is 0.165 e. The Hall–Kier alpha value is -0.800. The van der Waals surface area contributed by atoms with Crippen LogP contribution in [0.3, 0.4) is 0 Å². The molecule has 0 bridgehead atoms. The van der Waals surface area contributed by atoms with E-state index in [4.69, 9.17) is 0 Å². The number of carbonyl (C=O) groups is 1. The minimum atomic E-state index is -0.962. The summed E-state index contributed by atoms with van der Waals surface area (Å²) in [4.78, 5) is 12.4. The van der Waals surface area contributed by atoms with Crippen LogP contribution in [0.4, 0.5) is 0 Å². The molecule has 0 saturated carbocycles. The summed E-state index contributed by atoms with van der Waals surface area (Å²) in [6.45, 7) is 3.85. The van der Waals surface area contributed by atoms with Crippen LogP contribution in [-0.2, 0) is 4.79 Å². The number of ketones is 1. The quantitative estimate of drug-likeness (QED) is 0.781. The van der Waals surface area contributed by atoms with Crippen molar-refractivity contribution in [1.82, 2.24) is 0 Å². The van der Waals surface area contributed by atoms with Crippen LogP contribution in [0, 0.1) is 0 Å². The van der Waals surface area contributed by atoms with E-state index in [0.717, 1.165) is 10.6 Å². The minimum absolute atomic E-state index is 0.133. The summed E-state index contributed by atoms with van der Waals surface area (Å²) in [5.74, 6) is 0.890. The van der Waals surface area contributed by atoms with Crippen LogP contribution in [0.15, 0.2) is 29.2 Å². The molecule has 0 radical (unpaired) electrons. The van der Waals surface area contributed by atoms with Crippen molar-refractivity contribution in [2.45, 2.75) is 31.3 Å². The summed E-state index contributed by atoms with van der Waals surface area (Å²) < 4.78 is 0. The molecule has 1 unspecified atom stereocenters. The van der Waals surface area contributed by atoms with Gasteiger partial charge in [-0.3, -0.25) is 4.79 Å². The van der Waals surface area contributed by atoms with Gasteiger partial charge in [-0.1, -0.05) is 26.0 Å². The Morgan fingerprint density at radius 2 is 1.93 bits per heavy atom. The number of carbonyl (C=O) groups excluding carboxylic acids is 1. The summed E-state index contributed by atoms with van der Waals surface area (Å²) >= 11 is 1.74.